The number of fused-ring (bicyclic) bond motifs is 2. The van der Waals surface area contributed by atoms with E-state index in [9.17, 15) is 39.6 Å². The summed E-state index contributed by atoms with van der Waals surface area (Å²) < 4.78 is 50.0. The highest BCUT2D eigenvalue weighted by atomic mass is 16.6. The van der Waals surface area contributed by atoms with Crippen molar-refractivity contribution in [2.45, 2.75) is 95.5 Å². The van der Waals surface area contributed by atoms with Gasteiger partial charge in [0.15, 0.2) is 0 Å². The Labute approximate surface area is 483 Å². The summed E-state index contributed by atoms with van der Waals surface area (Å²) in [7, 11) is 0. The minimum atomic E-state index is -1.23. The zero-order valence-corrected chi connectivity index (χ0v) is 47.3. The number of rotatable bonds is 13. The van der Waals surface area contributed by atoms with Crippen LogP contribution in [0.25, 0.3) is 11.1 Å². The first-order valence-electron chi connectivity index (χ1n) is 29.0. The van der Waals surface area contributed by atoms with Gasteiger partial charge < -0.3 is 58.3 Å². The second kappa shape index (κ2) is 33.5. The van der Waals surface area contributed by atoms with Crippen LogP contribution in [0.3, 0.4) is 0 Å². The van der Waals surface area contributed by atoms with Crippen molar-refractivity contribution in [1.82, 2.24) is 39.5 Å². The number of nitrogens with zero attached hydrogens (tertiary/aromatic N) is 8. The summed E-state index contributed by atoms with van der Waals surface area (Å²) in [5.41, 5.74) is 2.77. The molecule has 2 saturated carbocycles. The highest BCUT2D eigenvalue weighted by molar-refractivity contribution is 5.89. The standard InChI is InChI=1S/C59H80N8O16/c68-56(69)48-8-3-6-44(60-48)38-64-14-22-76-30-32-78-24-16-66(20-28-81-53-11-2-1-10-52(53)80-26-18-64)40-46-34-42(36-50(62-46)58(72)73)43-35-47(63-51(37-43)59(74)75)41-67-17-25-79-33-31-77-23-15-65(39-45-7-4-9-49(61-45)57(70)71)19-27-82-54-12-5-13-55(54)83-29-21-67/h3-4,6-9,34-37,52-55H,1-2,5,10-33,38-41H2,(H,68,69)(H,70,71)(H,72,73)(H,74,75). The first-order chi connectivity index (χ1) is 40.4. The Kier molecular flexibility index (Phi) is 25.4. The maximum absolute atomic E-state index is 12.7. The number of aromatic nitrogens is 4. The van der Waals surface area contributed by atoms with E-state index >= 15 is 0 Å². The van der Waals surface area contributed by atoms with Gasteiger partial charge >= 0.3 is 23.9 Å². The number of aromatic carboxylic acids is 4. The maximum Gasteiger partial charge on any atom is 0.354 e. The van der Waals surface area contributed by atoms with Gasteiger partial charge in [-0.1, -0.05) is 25.0 Å². The van der Waals surface area contributed by atoms with E-state index in [2.05, 4.69) is 39.5 Å². The van der Waals surface area contributed by atoms with Crippen molar-refractivity contribution < 1.29 is 77.5 Å². The molecule has 4 N–H and O–H groups in total. The van der Waals surface area contributed by atoms with Crippen molar-refractivity contribution in [1.29, 1.82) is 0 Å². The van der Waals surface area contributed by atoms with E-state index < -0.39 is 23.9 Å². The largest absolute Gasteiger partial charge is 0.477 e. The molecular weight excluding hydrogens is 1080 g/mol. The maximum atomic E-state index is 12.7. The van der Waals surface area contributed by atoms with Crippen molar-refractivity contribution in [2.75, 3.05) is 132 Å². The van der Waals surface area contributed by atoms with Crippen molar-refractivity contribution in [3.63, 3.8) is 0 Å². The number of pyridine rings is 4. The molecule has 83 heavy (non-hydrogen) atoms. The van der Waals surface area contributed by atoms with Crippen LogP contribution in [0.1, 0.15) is 110 Å². The van der Waals surface area contributed by atoms with E-state index in [1.807, 2.05) is 12.1 Å². The second-order valence-corrected chi connectivity index (χ2v) is 21.1. The molecule has 0 radical (unpaired) electrons. The highest BCUT2D eigenvalue weighted by Crippen LogP contribution is 2.28. The summed E-state index contributed by atoms with van der Waals surface area (Å²) in [5, 5.41) is 39.7. The van der Waals surface area contributed by atoms with E-state index in [1.165, 1.54) is 24.3 Å². The fraction of sp³-hybridized carbons (Fsp3) is 0.593. The monoisotopic (exact) mass is 1160 g/mol. The van der Waals surface area contributed by atoms with Crippen LogP contribution in [0.15, 0.2) is 60.7 Å². The lowest BCUT2D eigenvalue weighted by Gasteiger charge is -2.33. The van der Waals surface area contributed by atoms with Gasteiger partial charge in [-0.2, -0.15) is 0 Å². The van der Waals surface area contributed by atoms with Gasteiger partial charge in [0.2, 0.25) is 0 Å². The summed E-state index contributed by atoms with van der Waals surface area (Å²) in [6.45, 7) is 10.1. The molecule has 6 heterocycles. The highest BCUT2D eigenvalue weighted by Gasteiger charge is 2.30. The molecular formula is C59H80N8O16. The van der Waals surface area contributed by atoms with Gasteiger partial charge in [0.1, 0.15) is 22.8 Å². The predicted octanol–water partition coefficient (Wildman–Crippen LogP) is 4.73. The zero-order valence-electron chi connectivity index (χ0n) is 47.3. The molecule has 0 bridgehead atoms. The van der Waals surface area contributed by atoms with E-state index in [-0.39, 0.29) is 60.3 Å². The van der Waals surface area contributed by atoms with Crippen molar-refractivity contribution in [3.05, 3.63) is 106 Å². The molecule has 4 aromatic rings. The smallest absolute Gasteiger partial charge is 0.354 e. The average molecular weight is 1160 g/mol. The second-order valence-electron chi connectivity index (χ2n) is 21.1. The van der Waals surface area contributed by atoms with E-state index in [0.717, 1.165) is 44.9 Å². The summed E-state index contributed by atoms with van der Waals surface area (Å²) >= 11 is 0. The van der Waals surface area contributed by atoms with Crippen LogP contribution in [0.4, 0.5) is 0 Å². The number of carboxylic acid groups (broad SMARTS) is 4. The molecule has 4 fully saturated rings. The molecule has 4 unspecified atom stereocenters. The lowest BCUT2D eigenvalue weighted by Crippen LogP contribution is -2.39. The first-order valence-corrected chi connectivity index (χ1v) is 29.0. The van der Waals surface area contributed by atoms with E-state index in [4.69, 9.17) is 37.9 Å². The van der Waals surface area contributed by atoms with Crippen LogP contribution in [-0.2, 0) is 64.1 Å². The first kappa shape index (κ1) is 63.0. The Hall–Kier alpha value is -6.00. The molecule has 2 aliphatic carbocycles. The van der Waals surface area contributed by atoms with Gasteiger partial charge in [-0.3, -0.25) is 19.6 Å². The van der Waals surface area contributed by atoms with Crippen molar-refractivity contribution >= 4 is 23.9 Å². The summed E-state index contributed by atoms with van der Waals surface area (Å²) in [4.78, 5) is 74.8. The normalized spacial score (nSPS) is 23.1. The van der Waals surface area contributed by atoms with Gasteiger partial charge in [-0.15, -0.1) is 0 Å². The minimum absolute atomic E-state index is 0.00490. The van der Waals surface area contributed by atoms with Crippen LogP contribution in [0.2, 0.25) is 0 Å². The fourth-order valence-corrected chi connectivity index (χ4v) is 10.7. The number of carboxylic acids is 4. The molecule has 4 atom stereocenters. The lowest BCUT2D eigenvalue weighted by atomic mass is 9.94. The fourth-order valence-electron chi connectivity index (χ4n) is 10.7. The van der Waals surface area contributed by atoms with E-state index in [0.29, 0.717) is 179 Å². The van der Waals surface area contributed by atoms with Crippen molar-refractivity contribution in [2.24, 2.45) is 0 Å². The Bertz CT molecular complexity index is 2710. The summed E-state index contributed by atoms with van der Waals surface area (Å²) in [6, 6.07) is 16.5. The Morgan fingerprint density at radius 3 is 0.976 bits per heavy atom. The molecule has 24 heteroatoms. The third kappa shape index (κ3) is 20.9. The molecule has 4 aromatic heterocycles. The third-order valence-corrected chi connectivity index (χ3v) is 15.1. The molecule has 2 aliphatic heterocycles. The van der Waals surface area contributed by atoms with Gasteiger partial charge in [0.05, 0.1) is 126 Å². The number of hydrogen-bond acceptors (Lipinski definition) is 20. The molecule has 452 valence electrons. The number of hydrogen-bond donors (Lipinski definition) is 4. The molecule has 0 spiro atoms. The van der Waals surface area contributed by atoms with Crippen LogP contribution in [0.5, 0.6) is 0 Å². The zero-order chi connectivity index (χ0) is 58.2. The predicted molar refractivity (Wildman–Crippen MR) is 299 cm³/mol. The van der Waals surface area contributed by atoms with Crippen LogP contribution in [-0.4, -0.2) is 240 Å². The average Bonchev–Trinajstić information content (AvgIpc) is 3.95. The SMILES string of the molecule is O=C(O)c1cccc(CN2CCOCCOCCN(Cc3cc(-c4cc(CN5CCOCCOCCN(Cc6cccc(C(=O)O)n6)CCOC6CCCC6OCC5)nc(C(=O)O)c4)cc(C(=O)O)n3)CCOC3CCCCC3OCC2)n1. The van der Waals surface area contributed by atoms with E-state index in [1.54, 1.807) is 24.3 Å². The van der Waals surface area contributed by atoms with Crippen molar-refractivity contribution in [3.8, 4) is 11.1 Å². The molecule has 0 aromatic carbocycles. The number of carbonyl (C=O) groups is 4. The van der Waals surface area contributed by atoms with Crippen LogP contribution >= 0.6 is 0 Å². The summed E-state index contributed by atoms with van der Waals surface area (Å²) in [6.07, 6.45) is 5.93. The van der Waals surface area contributed by atoms with Crippen LogP contribution in [0, 0.1) is 0 Å². The number of ether oxygens (including phenoxy) is 8. The quantitative estimate of drug-likeness (QED) is 0.141. The Balaban J connectivity index is 0.916. The van der Waals surface area contributed by atoms with Gasteiger partial charge in [0.25, 0.3) is 0 Å². The van der Waals surface area contributed by atoms with Gasteiger partial charge in [-0.25, -0.2) is 39.1 Å². The lowest BCUT2D eigenvalue weighted by molar-refractivity contribution is -0.0993. The van der Waals surface area contributed by atoms with Crippen LogP contribution < -0.4 is 0 Å². The molecule has 4 aliphatic rings. The minimum Gasteiger partial charge on any atom is -0.477 e. The van der Waals surface area contributed by atoms with Gasteiger partial charge in [0, 0.05) is 78.5 Å². The third-order valence-electron chi connectivity index (χ3n) is 15.1. The molecule has 2 saturated heterocycles. The topological polar surface area (TPSA) is 288 Å². The Morgan fingerprint density at radius 2 is 0.651 bits per heavy atom. The summed E-state index contributed by atoms with van der Waals surface area (Å²) in [5.74, 6) is -4.61. The molecule has 0 amide bonds. The molecule has 24 nitrogen and oxygen atoms in total. The Morgan fingerprint density at radius 1 is 0.361 bits per heavy atom. The molecule has 8 rings (SSSR count). The van der Waals surface area contributed by atoms with Gasteiger partial charge in [-0.05, 0) is 91.8 Å².